The summed E-state index contributed by atoms with van der Waals surface area (Å²) in [5.74, 6) is 0.322. The van der Waals surface area contributed by atoms with Crippen molar-refractivity contribution in [2.75, 3.05) is 0 Å². The van der Waals surface area contributed by atoms with Crippen molar-refractivity contribution in [1.29, 1.82) is 0 Å². The number of hydrogen-bond donors (Lipinski definition) is 1. The minimum atomic E-state index is -0.796. The van der Waals surface area contributed by atoms with Crippen LogP contribution in [0.3, 0.4) is 0 Å². The molecule has 0 aliphatic heterocycles. The third-order valence-electron chi connectivity index (χ3n) is 3.94. The second-order valence-electron chi connectivity index (χ2n) is 5.75. The number of carbonyl (C=O) groups excluding carboxylic acids is 2. The van der Waals surface area contributed by atoms with Gasteiger partial charge in [0.2, 0.25) is 12.3 Å². The molecule has 132 valence electrons. The SMILES string of the molecule is O=CN(Cc1ccco1)C(C(=O)NCc1ccccc1)c1cccnc1. The van der Waals surface area contributed by atoms with Gasteiger partial charge in [0, 0.05) is 24.5 Å². The molecule has 0 radical (unpaired) electrons. The summed E-state index contributed by atoms with van der Waals surface area (Å²) in [6.45, 7) is 0.568. The van der Waals surface area contributed by atoms with E-state index in [4.69, 9.17) is 4.42 Å². The average Bonchev–Trinajstić information content (AvgIpc) is 3.20. The van der Waals surface area contributed by atoms with Crippen molar-refractivity contribution >= 4 is 12.3 Å². The Labute approximate surface area is 151 Å². The van der Waals surface area contributed by atoms with Gasteiger partial charge in [-0.1, -0.05) is 36.4 Å². The Bertz CT molecular complexity index is 820. The van der Waals surface area contributed by atoms with Crippen LogP contribution in [0.5, 0.6) is 0 Å². The summed E-state index contributed by atoms with van der Waals surface area (Å²) in [4.78, 5) is 30.1. The lowest BCUT2D eigenvalue weighted by Gasteiger charge is -2.27. The van der Waals surface area contributed by atoms with Crippen LogP contribution in [-0.4, -0.2) is 22.2 Å². The molecule has 6 heteroatoms. The van der Waals surface area contributed by atoms with Crippen molar-refractivity contribution < 1.29 is 14.0 Å². The van der Waals surface area contributed by atoms with Crippen molar-refractivity contribution in [2.24, 2.45) is 0 Å². The average molecular weight is 349 g/mol. The van der Waals surface area contributed by atoms with Gasteiger partial charge in [-0.05, 0) is 23.8 Å². The van der Waals surface area contributed by atoms with E-state index in [2.05, 4.69) is 10.3 Å². The highest BCUT2D eigenvalue weighted by atomic mass is 16.3. The van der Waals surface area contributed by atoms with Gasteiger partial charge < -0.3 is 14.6 Å². The Kier molecular flexibility index (Phi) is 5.77. The third-order valence-corrected chi connectivity index (χ3v) is 3.94. The molecular formula is C20H19N3O3. The van der Waals surface area contributed by atoms with E-state index in [0.717, 1.165) is 5.56 Å². The molecule has 1 N–H and O–H groups in total. The van der Waals surface area contributed by atoms with Gasteiger partial charge >= 0.3 is 0 Å². The van der Waals surface area contributed by atoms with Crippen LogP contribution in [0.2, 0.25) is 0 Å². The van der Waals surface area contributed by atoms with Gasteiger partial charge in [0.15, 0.2) is 0 Å². The molecule has 0 bridgehead atoms. The molecule has 2 amide bonds. The summed E-state index contributed by atoms with van der Waals surface area (Å²) in [5.41, 5.74) is 1.62. The van der Waals surface area contributed by atoms with Gasteiger partial charge in [0.25, 0.3) is 0 Å². The van der Waals surface area contributed by atoms with Crippen molar-refractivity contribution in [3.8, 4) is 0 Å². The van der Waals surface area contributed by atoms with Gasteiger partial charge in [-0.3, -0.25) is 14.6 Å². The minimum Gasteiger partial charge on any atom is -0.467 e. The lowest BCUT2D eigenvalue weighted by atomic mass is 10.1. The number of furan rings is 1. The first kappa shape index (κ1) is 17.4. The molecule has 1 unspecified atom stereocenters. The first-order chi connectivity index (χ1) is 12.8. The van der Waals surface area contributed by atoms with E-state index in [9.17, 15) is 9.59 Å². The highest BCUT2D eigenvalue weighted by Gasteiger charge is 2.27. The Hall–Kier alpha value is -3.41. The molecule has 1 atom stereocenters. The van der Waals surface area contributed by atoms with E-state index < -0.39 is 6.04 Å². The van der Waals surface area contributed by atoms with Gasteiger partial charge in [-0.25, -0.2) is 0 Å². The van der Waals surface area contributed by atoms with Gasteiger partial charge in [-0.15, -0.1) is 0 Å². The highest BCUT2D eigenvalue weighted by Crippen LogP contribution is 2.21. The molecule has 6 nitrogen and oxygen atoms in total. The maximum absolute atomic E-state index is 12.9. The molecule has 0 fully saturated rings. The fourth-order valence-corrected chi connectivity index (χ4v) is 2.68. The van der Waals surface area contributed by atoms with Crippen molar-refractivity contribution in [2.45, 2.75) is 19.1 Å². The smallest absolute Gasteiger partial charge is 0.247 e. The maximum Gasteiger partial charge on any atom is 0.247 e. The summed E-state index contributed by atoms with van der Waals surface area (Å²) in [7, 11) is 0. The van der Waals surface area contributed by atoms with Crippen LogP contribution in [0.1, 0.15) is 22.9 Å². The topological polar surface area (TPSA) is 75.4 Å². The summed E-state index contributed by atoms with van der Waals surface area (Å²) in [5, 5.41) is 2.89. The van der Waals surface area contributed by atoms with Crippen molar-refractivity contribution in [3.63, 3.8) is 0 Å². The Morgan fingerprint density at radius 2 is 2.00 bits per heavy atom. The van der Waals surface area contributed by atoms with E-state index in [1.165, 1.54) is 11.2 Å². The van der Waals surface area contributed by atoms with Gasteiger partial charge in [-0.2, -0.15) is 0 Å². The second kappa shape index (κ2) is 8.62. The van der Waals surface area contributed by atoms with E-state index in [-0.39, 0.29) is 12.5 Å². The van der Waals surface area contributed by atoms with Crippen LogP contribution in [0.15, 0.2) is 77.7 Å². The fraction of sp³-hybridized carbons (Fsp3) is 0.150. The summed E-state index contributed by atoms with van der Waals surface area (Å²) in [6.07, 6.45) is 5.40. The number of aromatic nitrogens is 1. The summed E-state index contributed by atoms with van der Waals surface area (Å²) in [6, 6.07) is 15.8. The van der Waals surface area contributed by atoms with Crippen LogP contribution < -0.4 is 5.32 Å². The van der Waals surface area contributed by atoms with Gasteiger partial charge in [0.05, 0.1) is 12.8 Å². The normalized spacial score (nSPS) is 11.5. The number of pyridine rings is 1. The highest BCUT2D eigenvalue weighted by molar-refractivity contribution is 5.84. The van der Waals surface area contributed by atoms with Crippen molar-refractivity contribution in [3.05, 3.63) is 90.1 Å². The van der Waals surface area contributed by atoms with Gasteiger partial charge in [0.1, 0.15) is 11.8 Å². The molecule has 3 aromatic rings. The largest absolute Gasteiger partial charge is 0.467 e. The molecule has 1 aromatic carbocycles. The third kappa shape index (κ3) is 4.36. The fourth-order valence-electron chi connectivity index (χ4n) is 2.68. The van der Waals surface area contributed by atoms with Crippen molar-refractivity contribution in [1.82, 2.24) is 15.2 Å². The van der Waals surface area contributed by atoms with E-state index in [1.54, 1.807) is 36.7 Å². The molecular weight excluding hydrogens is 330 g/mol. The number of nitrogens with one attached hydrogen (secondary N) is 1. The van der Waals surface area contributed by atoms with Crippen LogP contribution in [-0.2, 0) is 22.7 Å². The lowest BCUT2D eigenvalue weighted by Crippen LogP contribution is -2.39. The van der Waals surface area contributed by atoms with Crippen LogP contribution in [0.25, 0.3) is 0 Å². The molecule has 2 heterocycles. The number of amides is 2. The molecule has 0 aliphatic rings. The molecule has 3 rings (SSSR count). The number of nitrogens with zero attached hydrogens (tertiary/aromatic N) is 2. The first-order valence-corrected chi connectivity index (χ1v) is 8.23. The lowest BCUT2D eigenvalue weighted by molar-refractivity contribution is -0.134. The Morgan fingerprint density at radius 1 is 1.15 bits per heavy atom. The number of rotatable bonds is 8. The van der Waals surface area contributed by atoms with Crippen LogP contribution in [0, 0.1) is 0 Å². The summed E-state index contributed by atoms with van der Waals surface area (Å²) < 4.78 is 5.31. The monoisotopic (exact) mass is 349 g/mol. The number of benzene rings is 1. The summed E-state index contributed by atoms with van der Waals surface area (Å²) >= 11 is 0. The maximum atomic E-state index is 12.9. The molecule has 0 aliphatic carbocycles. The molecule has 0 spiro atoms. The molecule has 0 saturated heterocycles. The Morgan fingerprint density at radius 3 is 2.65 bits per heavy atom. The number of carbonyl (C=O) groups is 2. The molecule has 26 heavy (non-hydrogen) atoms. The predicted octanol–water partition coefficient (Wildman–Crippen LogP) is 2.69. The Balaban J connectivity index is 1.80. The minimum absolute atomic E-state index is 0.189. The number of hydrogen-bond acceptors (Lipinski definition) is 4. The molecule has 0 saturated carbocycles. The zero-order valence-electron chi connectivity index (χ0n) is 14.1. The molecule has 2 aromatic heterocycles. The zero-order valence-corrected chi connectivity index (χ0v) is 14.1. The van der Waals surface area contributed by atoms with E-state index >= 15 is 0 Å². The van der Waals surface area contributed by atoms with Crippen LogP contribution in [0.4, 0.5) is 0 Å². The quantitative estimate of drug-likeness (QED) is 0.635. The standard InChI is InChI=1S/C20H19N3O3/c24-15-23(14-18-9-5-11-26-18)19(17-8-4-10-21-13-17)20(25)22-12-16-6-2-1-3-7-16/h1-11,13,15,19H,12,14H2,(H,22,25). The second-order valence-corrected chi connectivity index (χ2v) is 5.75. The zero-order chi connectivity index (χ0) is 18.2. The predicted molar refractivity (Wildman–Crippen MR) is 95.6 cm³/mol. The van der Waals surface area contributed by atoms with Crippen LogP contribution >= 0.6 is 0 Å². The van der Waals surface area contributed by atoms with E-state index in [1.807, 2.05) is 30.3 Å². The first-order valence-electron chi connectivity index (χ1n) is 8.23. The van der Waals surface area contributed by atoms with E-state index in [0.29, 0.717) is 24.3 Å².